The van der Waals surface area contributed by atoms with E-state index >= 15 is 0 Å². The Bertz CT molecular complexity index is 480. The molecule has 2 N–H and O–H groups in total. The van der Waals surface area contributed by atoms with Crippen LogP contribution in [0.2, 0.25) is 5.02 Å². The fraction of sp³-hybridized carbons (Fsp3) is 0.429. The number of esters is 1. The Kier molecular flexibility index (Phi) is 7.33. The molecule has 1 aromatic rings. The predicted octanol–water partition coefficient (Wildman–Crippen LogP) is 3.28. The summed E-state index contributed by atoms with van der Waals surface area (Å²) in [6, 6.07) is 5.55. The highest BCUT2D eigenvalue weighted by atomic mass is 35.5. The van der Waals surface area contributed by atoms with Gasteiger partial charge in [-0.1, -0.05) is 11.6 Å². The maximum absolute atomic E-state index is 11.1. The zero-order chi connectivity index (χ0) is 15.0. The topological polar surface area (TPSA) is 50.4 Å². The van der Waals surface area contributed by atoms with Gasteiger partial charge in [-0.3, -0.25) is 4.79 Å². The number of ether oxygens (including phenoxy) is 1. The summed E-state index contributed by atoms with van der Waals surface area (Å²) in [5, 5.41) is 7.37. The Morgan fingerprint density at radius 3 is 2.85 bits per heavy atom. The molecule has 4 nitrogen and oxygen atoms in total. The lowest BCUT2D eigenvalue weighted by molar-refractivity contribution is -0.143. The van der Waals surface area contributed by atoms with Crippen molar-refractivity contribution in [1.82, 2.24) is 5.32 Å². The quantitative estimate of drug-likeness (QED) is 0.479. The van der Waals surface area contributed by atoms with E-state index in [-0.39, 0.29) is 5.97 Å². The average Bonchev–Trinajstić information content (AvgIpc) is 2.38. The van der Waals surface area contributed by atoms with Gasteiger partial charge >= 0.3 is 5.97 Å². The van der Waals surface area contributed by atoms with E-state index in [1.54, 1.807) is 13.0 Å². The summed E-state index contributed by atoms with van der Waals surface area (Å²) in [6.07, 6.45) is 1.07. The minimum absolute atomic E-state index is 0.179. The van der Waals surface area contributed by atoms with Gasteiger partial charge in [0.15, 0.2) is 5.11 Å². The van der Waals surface area contributed by atoms with Crippen molar-refractivity contribution in [2.24, 2.45) is 0 Å². The molecule has 0 aromatic heterocycles. The lowest BCUT2D eigenvalue weighted by Crippen LogP contribution is -2.29. The smallest absolute Gasteiger partial charge is 0.305 e. The van der Waals surface area contributed by atoms with E-state index in [0.717, 1.165) is 11.3 Å². The molecule has 0 saturated heterocycles. The number of thiocarbonyl (C=S) groups is 1. The highest BCUT2D eigenvalue weighted by Gasteiger charge is 2.03. The standard InChI is InChI=1S/C14H19ClN2O2S/c1-3-19-13(18)5-4-8-16-14(20)17-12-7-6-11(15)9-10(12)2/h6-7,9H,3-5,8H2,1-2H3,(H2,16,17,20). The molecule has 0 bridgehead atoms. The second kappa shape index (κ2) is 8.76. The number of benzene rings is 1. The fourth-order valence-corrected chi connectivity index (χ4v) is 2.04. The normalized spacial score (nSPS) is 9.95. The van der Waals surface area contributed by atoms with Crippen LogP contribution in [-0.2, 0) is 9.53 Å². The van der Waals surface area contributed by atoms with E-state index in [1.807, 2.05) is 19.1 Å². The predicted molar refractivity (Wildman–Crippen MR) is 86.3 cm³/mol. The molecule has 20 heavy (non-hydrogen) atoms. The summed E-state index contributed by atoms with van der Waals surface area (Å²) >= 11 is 11.1. The molecule has 0 radical (unpaired) electrons. The lowest BCUT2D eigenvalue weighted by atomic mass is 10.2. The van der Waals surface area contributed by atoms with Crippen LogP contribution in [0.1, 0.15) is 25.3 Å². The van der Waals surface area contributed by atoms with Crippen LogP contribution in [0.15, 0.2) is 18.2 Å². The van der Waals surface area contributed by atoms with Gasteiger partial charge in [0.05, 0.1) is 6.61 Å². The van der Waals surface area contributed by atoms with E-state index in [4.69, 9.17) is 28.6 Å². The molecule has 0 spiro atoms. The molecule has 6 heteroatoms. The van der Waals surface area contributed by atoms with Gasteiger partial charge in [-0.05, 0) is 56.2 Å². The van der Waals surface area contributed by atoms with Crippen LogP contribution in [0.5, 0.6) is 0 Å². The minimum atomic E-state index is -0.179. The van der Waals surface area contributed by atoms with Crippen molar-refractivity contribution in [3.8, 4) is 0 Å². The summed E-state index contributed by atoms with van der Waals surface area (Å²) < 4.78 is 4.84. The summed E-state index contributed by atoms with van der Waals surface area (Å²) in [7, 11) is 0. The van der Waals surface area contributed by atoms with Crippen LogP contribution in [0, 0.1) is 6.92 Å². The Balaban J connectivity index is 2.28. The summed E-state index contributed by atoms with van der Waals surface area (Å²) in [5.41, 5.74) is 1.94. The number of halogens is 1. The molecule has 0 atom stereocenters. The van der Waals surface area contributed by atoms with Gasteiger partial charge in [0.2, 0.25) is 0 Å². The molecule has 1 aromatic carbocycles. The zero-order valence-corrected chi connectivity index (χ0v) is 13.2. The SMILES string of the molecule is CCOC(=O)CCCNC(=S)Nc1ccc(Cl)cc1C. The third-order valence-electron chi connectivity index (χ3n) is 2.59. The number of carbonyl (C=O) groups excluding carboxylic acids is 1. The first-order valence-corrected chi connectivity index (χ1v) is 7.28. The molecule has 0 aliphatic heterocycles. The number of anilines is 1. The van der Waals surface area contributed by atoms with Crippen molar-refractivity contribution in [2.45, 2.75) is 26.7 Å². The molecule has 0 fully saturated rings. The number of aryl methyl sites for hydroxylation is 1. The van der Waals surface area contributed by atoms with Crippen LogP contribution in [0.3, 0.4) is 0 Å². The highest BCUT2D eigenvalue weighted by molar-refractivity contribution is 7.80. The second-order valence-corrected chi connectivity index (χ2v) is 5.09. The number of rotatable bonds is 6. The third kappa shape index (κ3) is 6.21. The molecule has 0 amide bonds. The van der Waals surface area contributed by atoms with Gasteiger partial charge in [0.25, 0.3) is 0 Å². The van der Waals surface area contributed by atoms with Crippen molar-refractivity contribution in [3.05, 3.63) is 28.8 Å². The second-order valence-electron chi connectivity index (χ2n) is 4.25. The first-order valence-electron chi connectivity index (χ1n) is 6.49. The molecule has 0 aliphatic rings. The van der Waals surface area contributed by atoms with Crippen LogP contribution in [0.4, 0.5) is 5.69 Å². The monoisotopic (exact) mass is 314 g/mol. The zero-order valence-electron chi connectivity index (χ0n) is 11.7. The van der Waals surface area contributed by atoms with Crippen molar-refractivity contribution >= 4 is 40.6 Å². The van der Waals surface area contributed by atoms with E-state index in [9.17, 15) is 4.79 Å². The number of nitrogens with one attached hydrogen (secondary N) is 2. The molecule has 1 rings (SSSR count). The Labute approximate surface area is 129 Å². The van der Waals surface area contributed by atoms with Crippen LogP contribution < -0.4 is 10.6 Å². The van der Waals surface area contributed by atoms with Gasteiger partial charge in [0, 0.05) is 23.7 Å². The lowest BCUT2D eigenvalue weighted by Gasteiger charge is -2.12. The van der Waals surface area contributed by atoms with E-state index in [0.29, 0.717) is 36.1 Å². The molecule has 0 unspecified atom stereocenters. The molecular formula is C14H19ClN2O2S. The van der Waals surface area contributed by atoms with E-state index in [2.05, 4.69) is 10.6 Å². The summed E-state index contributed by atoms with van der Waals surface area (Å²) in [5.74, 6) is -0.179. The average molecular weight is 315 g/mol. The van der Waals surface area contributed by atoms with Gasteiger partial charge < -0.3 is 15.4 Å². The van der Waals surface area contributed by atoms with Crippen LogP contribution >= 0.6 is 23.8 Å². The van der Waals surface area contributed by atoms with Gasteiger partial charge in [-0.25, -0.2) is 0 Å². The number of hydrogen-bond donors (Lipinski definition) is 2. The number of hydrogen-bond acceptors (Lipinski definition) is 3. The molecule has 0 aliphatic carbocycles. The first-order chi connectivity index (χ1) is 9.52. The minimum Gasteiger partial charge on any atom is -0.466 e. The largest absolute Gasteiger partial charge is 0.466 e. The van der Waals surface area contributed by atoms with E-state index in [1.165, 1.54) is 0 Å². The van der Waals surface area contributed by atoms with Gasteiger partial charge in [-0.15, -0.1) is 0 Å². The van der Waals surface area contributed by atoms with Gasteiger partial charge in [-0.2, -0.15) is 0 Å². The first kappa shape index (κ1) is 16.7. The summed E-state index contributed by atoms with van der Waals surface area (Å²) in [4.78, 5) is 11.1. The van der Waals surface area contributed by atoms with Crippen molar-refractivity contribution in [3.63, 3.8) is 0 Å². The van der Waals surface area contributed by atoms with Crippen LogP contribution in [-0.4, -0.2) is 24.2 Å². The maximum atomic E-state index is 11.1. The van der Waals surface area contributed by atoms with Gasteiger partial charge in [0.1, 0.15) is 0 Å². The maximum Gasteiger partial charge on any atom is 0.305 e. The Hall–Kier alpha value is -1.33. The molecule has 110 valence electrons. The Morgan fingerprint density at radius 1 is 1.45 bits per heavy atom. The van der Waals surface area contributed by atoms with Crippen molar-refractivity contribution in [1.29, 1.82) is 0 Å². The van der Waals surface area contributed by atoms with E-state index < -0.39 is 0 Å². The fourth-order valence-electron chi connectivity index (χ4n) is 1.60. The molecule has 0 heterocycles. The number of carbonyl (C=O) groups is 1. The summed E-state index contributed by atoms with van der Waals surface area (Å²) in [6.45, 7) is 4.79. The van der Waals surface area contributed by atoms with Crippen molar-refractivity contribution in [2.75, 3.05) is 18.5 Å². The Morgan fingerprint density at radius 2 is 2.20 bits per heavy atom. The molecule has 0 saturated carbocycles. The van der Waals surface area contributed by atoms with Crippen molar-refractivity contribution < 1.29 is 9.53 Å². The van der Waals surface area contributed by atoms with Crippen LogP contribution in [0.25, 0.3) is 0 Å². The third-order valence-corrected chi connectivity index (χ3v) is 3.07. The molecular weight excluding hydrogens is 296 g/mol. The highest BCUT2D eigenvalue weighted by Crippen LogP contribution is 2.19.